The van der Waals surface area contributed by atoms with E-state index in [1.807, 2.05) is 48.4 Å². The molecule has 0 spiro atoms. The van der Waals surface area contributed by atoms with Crippen LogP contribution < -0.4 is 4.74 Å². The molecule has 2 aromatic rings. The van der Waals surface area contributed by atoms with Gasteiger partial charge in [0.15, 0.2) is 6.10 Å². The van der Waals surface area contributed by atoms with E-state index in [-0.39, 0.29) is 5.91 Å². The van der Waals surface area contributed by atoms with Crippen LogP contribution in [0, 0.1) is 12.8 Å². The Morgan fingerprint density at radius 3 is 2.57 bits per heavy atom. The molecule has 1 amide bonds. The Kier molecular flexibility index (Phi) is 5.69. The second kappa shape index (κ2) is 8.38. The van der Waals surface area contributed by atoms with Crippen LogP contribution in [0.3, 0.4) is 0 Å². The van der Waals surface area contributed by atoms with Gasteiger partial charge in [0, 0.05) is 37.4 Å². The molecule has 0 bridgehead atoms. The molecule has 5 nitrogen and oxygen atoms in total. The van der Waals surface area contributed by atoms with E-state index in [1.165, 1.54) is 30.8 Å². The van der Waals surface area contributed by atoms with Crippen molar-refractivity contribution >= 4 is 5.91 Å². The Labute approximate surface area is 167 Å². The monoisotopic (exact) mass is 381 g/mol. The molecule has 1 aromatic carbocycles. The molecule has 1 atom stereocenters. The first kappa shape index (κ1) is 19.0. The van der Waals surface area contributed by atoms with Gasteiger partial charge in [-0.1, -0.05) is 18.2 Å². The zero-order valence-corrected chi connectivity index (χ0v) is 17.0. The van der Waals surface area contributed by atoms with Crippen LogP contribution in [0.5, 0.6) is 5.75 Å². The molecule has 150 valence electrons. The van der Waals surface area contributed by atoms with E-state index in [0.717, 1.165) is 38.2 Å². The zero-order chi connectivity index (χ0) is 19.5. The highest BCUT2D eigenvalue weighted by Crippen LogP contribution is 2.39. The highest BCUT2D eigenvalue weighted by atomic mass is 16.5. The van der Waals surface area contributed by atoms with Crippen LogP contribution in [0.4, 0.5) is 0 Å². The first-order valence-electron chi connectivity index (χ1n) is 10.6. The Morgan fingerprint density at radius 1 is 1.18 bits per heavy atom. The molecule has 1 saturated carbocycles. The Balaban J connectivity index is 1.24. The number of piperidine rings is 1. The second-order valence-electron chi connectivity index (χ2n) is 8.31. The summed E-state index contributed by atoms with van der Waals surface area (Å²) < 4.78 is 8.23. The SMILES string of the molecule is Cc1cnc(C2CC2)n1CCC1CCN(C(=O)C(C)Oc2ccccc2)CC1. The number of ether oxygens (including phenoxy) is 1. The number of aromatic nitrogens is 2. The number of likely N-dealkylation sites (tertiary alicyclic amines) is 1. The summed E-state index contributed by atoms with van der Waals surface area (Å²) >= 11 is 0. The molecule has 2 heterocycles. The number of carbonyl (C=O) groups excluding carboxylic acids is 1. The third-order valence-corrected chi connectivity index (χ3v) is 6.12. The van der Waals surface area contributed by atoms with Gasteiger partial charge in [-0.2, -0.15) is 0 Å². The largest absolute Gasteiger partial charge is 0.481 e. The van der Waals surface area contributed by atoms with E-state index in [2.05, 4.69) is 16.5 Å². The molecule has 1 saturated heterocycles. The van der Waals surface area contributed by atoms with Crippen LogP contribution in [0.1, 0.15) is 56.5 Å². The fraction of sp³-hybridized carbons (Fsp3) is 0.565. The van der Waals surface area contributed by atoms with Gasteiger partial charge < -0.3 is 14.2 Å². The molecule has 0 N–H and O–H groups in total. The summed E-state index contributed by atoms with van der Waals surface area (Å²) in [6, 6.07) is 9.58. The average Bonchev–Trinajstić information content (AvgIpc) is 3.50. The Bertz CT molecular complexity index is 789. The van der Waals surface area contributed by atoms with Crippen LogP contribution in [0.15, 0.2) is 36.5 Å². The van der Waals surface area contributed by atoms with Crippen LogP contribution >= 0.6 is 0 Å². The predicted octanol–water partition coefficient (Wildman–Crippen LogP) is 4.17. The van der Waals surface area contributed by atoms with Gasteiger partial charge in [-0.3, -0.25) is 4.79 Å². The van der Waals surface area contributed by atoms with E-state index in [1.54, 1.807) is 0 Å². The van der Waals surface area contributed by atoms with Gasteiger partial charge >= 0.3 is 0 Å². The number of aryl methyl sites for hydroxylation is 1. The van der Waals surface area contributed by atoms with E-state index >= 15 is 0 Å². The maximum atomic E-state index is 12.7. The molecule has 0 radical (unpaired) electrons. The van der Waals surface area contributed by atoms with Gasteiger partial charge in [0.2, 0.25) is 0 Å². The predicted molar refractivity (Wildman–Crippen MR) is 109 cm³/mol. The maximum absolute atomic E-state index is 12.7. The van der Waals surface area contributed by atoms with Gasteiger partial charge in [0.05, 0.1) is 0 Å². The molecular formula is C23H31N3O2. The van der Waals surface area contributed by atoms with Gasteiger partial charge in [-0.05, 0) is 64.0 Å². The zero-order valence-electron chi connectivity index (χ0n) is 17.0. The van der Waals surface area contributed by atoms with Crippen molar-refractivity contribution in [2.45, 2.75) is 64.5 Å². The fourth-order valence-corrected chi connectivity index (χ4v) is 4.20. The minimum Gasteiger partial charge on any atom is -0.481 e. The van der Waals surface area contributed by atoms with Crippen LogP contribution in [-0.4, -0.2) is 39.6 Å². The molecular weight excluding hydrogens is 350 g/mol. The topological polar surface area (TPSA) is 47.4 Å². The summed E-state index contributed by atoms with van der Waals surface area (Å²) in [5.74, 6) is 3.52. The summed E-state index contributed by atoms with van der Waals surface area (Å²) in [6.45, 7) is 6.75. The van der Waals surface area contributed by atoms with E-state index in [0.29, 0.717) is 11.8 Å². The maximum Gasteiger partial charge on any atom is 0.263 e. The number of benzene rings is 1. The summed E-state index contributed by atoms with van der Waals surface area (Å²) in [7, 11) is 0. The number of imidazole rings is 1. The number of hydrogen-bond donors (Lipinski definition) is 0. The van der Waals surface area contributed by atoms with Crippen LogP contribution in [-0.2, 0) is 11.3 Å². The molecule has 1 aromatic heterocycles. The highest BCUT2D eigenvalue weighted by molar-refractivity contribution is 5.81. The molecule has 1 aliphatic carbocycles. The van der Waals surface area contributed by atoms with Crippen LogP contribution in [0.25, 0.3) is 0 Å². The lowest BCUT2D eigenvalue weighted by Crippen LogP contribution is -2.44. The van der Waals surface area contributed by atoms with Crippen molar-refractivity contribution in [2.75, 3.05) is 13.1 Å². The average molecular weight is 382 g/mol. The summed E-state index contributed by atoms with van der Waals surface area (Å²) in [4.78, 5) is 19.3. The Morgan fingerprint density at radius 2 is 1.89 bits per heavy atom. The molecule has 5 heteroatoms. The molecule has 1 unspecified atom stereocenters. The minimum atomic E-state index is -0.436. The van der Waals surface area contributed by atoms with Crippen molar-refractivity contribution in [3.05, 3.63) is 48.0 Å². The normalized spacial score (nSPS) is 18.9. The summed E-state index contributed by atoms with van der Waals surface area (Å²) in [5.41, 5.74) is 1.28. The molecule has 2 aliphatic rings. The molecule has 2 fully saturated rings. The molecule has 28 heavy (non-hydrogen) atoms. The number of carbonyl (C=O) groups is 1. The Hall–Kier alpha value is -2.30. The second-order valence-corrected chi connectivity index (χ2v) is 8.31. The number of para-hydroxylation sites is 1. The molecule has 4 rings (SSSR count). The highest BCUT2D eigenvalue weighted by Gasteiger charge is 2.30. The third-order valence-electron chi connectivity index (χ3n) is 6.12. The lowest BCUT2D eigenvalue weighted by Gasteiger charge is -2.33. The summed E-state index contributed by atoms with van der Waals surface area (Å²) in [6.07, 6.45) is 7.50. The standard InChI is InChI=1S/C23H31N3O2/c1-17-16-24-22(20-8-9-20)26(17)15-12-19-10-13-25(14-11-19)23(27)18(2)28-21-6-4-3-5-7-21/h3-7,16,18-20H,8-15H2,1-2H3. The molecule has 1 aliphatic heterocycles. The van der Waals surface area contributed by atoms with Crippen molar-refractivity contribution < 1.29 is 9.53 Å². The fourth-order valence-electron chi connectivity index (χ4n) is 4.20. The lowest BCUT2D eigenvalue weighted by molar-refractivity contribution is -0.139. The smallest absolute Gasteiger partial charge is 0.263 e. The van der Waals surface area contributed by atoms with Gasteiger partial charge in [0.25, 0.3) is 5.91 Å². The van der Waals surface area contributed by atoms with Gasteiger partial charge in [-0.25, -0.2) is 4.98 Å². The number of rotatable bonds is 7. The number of amides is 1. The van der Waals surface area contributed by atoms with Gasteiger partial charge in [-0.15, -0.1) is 0 Å². The van der Waals surface area contributed by atoms with Crippen molar-refractivity contribution in [2.24, 2.45) is 5.92 Å². The quantitative estimate of drug-likeness (QED) is 0.723. The lowest BCUT2D eigenvalue weighted by atomic mass is 9.93. The first-order valence-corrected chi connectivity index (χ1v) is 10.6. The minimum absolute atomic E-state index is 0.101. The van der Waals surface area contributed by atoms with Gasteiger partial charge in [0.1, 0.15) is 11.6 Å². The number of hydrogen-bond acceptors (Lipinski definition) is 3. The van der Waals surface area contributed by atoms with Crippen molar-refractivity contribution in [3.8, 4) is 5.75 Å². The van der Waals surface area contributed by atoms with Crippen LogP contribution in [0.2, 0.25) is 0 Å². The van der Waals surface area contributed by atoms with Crippen molar-refractivity contribution in [1.82, 2.24) is 14.5 Å². The number of nitrogens with zero attached hydrogens (tertiary/aromatic N) is 3. The third kappa shape index (κ3) is 4.40. The van der Waals surface area contributed by atoms with E-state index in [9.17, 15) is 4.79 Å². The first-order chi connectivity index (χ1) is 13.6. The summed E-state index contributed by atoms with van der Waals surface area (Å²) in [5, 5.41) is 0. The van der Waals surface area contributed by atoms with E-state index in [4.69, 9.17) is 4.74 Å². The van der Waals surface area contributed by atoms with E-state index < -0.39 is 6.10 Å². The van der Waals surface area contributed by atoms with Crippen molar-refractivity contribution in [3.63, 3.8) is 0 Å². The van der Waals surface area contributed by atoms with Crippen molar-refractivity contribution in [1.29, 1.82) is 0 Å².